The number of pyridine rings is 1. The van der Waals surface area contributed by atoms with Crippen molar-refractivity contribution in [2.45, 2.75) is 51.4 Å². The maximum Gasteiger partial charge on any atom is 0.216 e. The second kappa shape index (κ2) is 8.95. The van der Waals surface area contributed by atoms with Gasteiger partial charge in [-0.1, -0.05) is 36.4 Å². The molecule has 2 heterocycles. The third-order valence-electron chi connectivity index (χ3n) is 8.25. The summed E-state index contributed by atoms with van der Waals surface area (Å²) in [6.07, 6.45) is 6.50. The Morgan fingerprint density at radius 2 is 1.47 bits per heavy atom. The van der Waals surface area contributed by atoms with E-state index in [-0.39, 0.29) is 0 Å². The predicted molar refractivity (Wildman–Crippen MR) is 145 cm³/mol. The van der Waals surface area contributed by atoms with Crippen molar-refractivity contribution in [2.75, 3.05) is 0 Å². The van der Waals surface area contributed by atoms with Crippen molar-refractivity contribution in [3.05, 3.63) is 101 Å². The molecule has 0 radical (unpaired) electrons. The van der Waals surface area contributed by atoms with Crippen LogP contribution in [0.4, 0.5) is 0 Å². The Morgan fingerprint density at radius 1 is 0.778 bits per heavy atom. The Kier molecular flexibility index (Phi) is 5.61. The van der Waals surface area contributed by atoms with Crippen LogP contribution in [0.2, 0.25) is 0 Å². The van der Waals surface area contributed by atoms with Gasteiger partial charge in [0.25, 0.3) is 0 Å². The Hall–Kier alpha value is -3.90. The molecule has 3 aromatic carbocycles. The molecule has 178 valence electrons. The van der Waals surface area contributed by atoms with Crippen LogP contribution in [0.1, 0.15) is 65.3 Å². The standard InChI is InChI=1S/C33H31N2O/c1-21-8-4-5-9-26(21)23-12-14-24(15-13-23)31-25(20-34)16-18-28-27-17-11-22(2)30(32(27)36-33(28)31)29-10-6-7-19-35(29)3/h4-11,16-19,23-24H,12-15H2,1-3H3/q+1. The largest absolute Gasteiger partial charge is 0.455 e. The summed E-state index contributed by atoms with van der Waals surface area (Å²) >= 11 is 0. The number of benzene rings is 3. The number of nitriles is 1. The zero-order valence-electron chi connectivity index (χ0n) is 21.2. The first kappa shape index (κ1) is 22.6. The minimum Gasteiger partial charge on any atom is -0.455 e. The van der Waals surface area contributed by atoms with Gasteiger partial charge in [-0.15, -0.1) is 0 Å². The number of rotatable bonds is 3. The topological polar surface area (TPSA) is 40.8 Å². The van der Waals surface area contributed by atoms with Gasteiger partial charge in [-0.2, -0.15) is 5.26 Å². The Bertz CT molecular complexity index is 1640. The molecule has 0 atom stereocenters. The minimum atomic E-state index is 0.335. The van der Waals surface area contributed by atoms with Gasteiger partial charge >= 0.3 is 0 Å². The summed E-state index contributed by atoms with van der Waals surface area (Å²) in [5, 5.41) is 12.3. The van der Waals surface area contributed by atoms with E-state index in [0.717, 1.165) is 70.0 Å². The van der Waals surface area contributed by atoms with E-state index >= 15 is 0 Å². The van der Waals surface area contributed by atoms with Crippen molar-refractivity contribution in [1.29, 1.82) is 5.26 Å². The van der Waals surface area contributed by atoms with Gasteiger partial charge in [-0.3, -0.25) is 0 Å². The summed E-state index contributed by atoms with van der Waals surface area (Å²) in [6.45, 7) is 4.36. The summed E-state index contributed by atoms with van der Waals surface area (Å²) in [4.78, 5) is 0. The van der Waals surface area contributed by atoms with Gasteiger partial charge in [0.05, 0.1) is 17.2 Å². The van der Waals surface area contributed by atoms with Crippen LogP contribution in [0.5, 0.6) is 0 Å². The van der Waals surface area contributed by atoms with E-state index in [9.17, 15) is 5.26 Å². The zero-order valence-corrected chi connectivity index (χ0v) is 21.2. The molecular formula is C33H31N2O+. The number of nitrogens with zero attached hydrogens (tertiary/aromatic N) is 2. The highest BCUT2D eigenvalue weighted by molar-refractivity contribution is 6.11. The lowest BCUT2D eigenvalue weighted by molar-refractivity contribution is -0.660. The highest BCUT2D eigenvalue weighted by Gasteiger charge is 2.29. The van der Waals surface area contributed by atoms with E-state index in [4.69, 9.17) is 4.42 Å². The number of furan rings is 1. The lowest BCUT2D eigenvalue weighted by Crippen LogP contribution is -2.30. The van der Waals surface area contributed by atoms with Crippen molar-refractivity contribution in [2.24, 2.45) is 7.05 Å². The van der Waals surface area contributed by atoms with E-state index in [1.54, 1.807) is 0 Å². The van der Waals surface area contributed by atoms with E-state index in [1.165, 1.54) is 16.7 Å². The van der Waals surface area contributed by atoms with Crippen LogP contribution in [-0.4, -0.2) is 0 Å². The van der Waals surface area contributed by atoms with Gasteiger partial charge in [0.15, 0.2) is 6.20 Å². The van der Waals surface area contributed by atoms with E-state index in [1.807, 2.05) is 12.1 Å². The zero-order chi connectivity index (χ0) is 24.8. The maximum absolute atomic E-state index is 10.1. The fourth-order valence-corrected chi connectivity index (χ4v) is 6.36. The number of hydrogen-bond acceptors (Lipinski definition) is 2. The van der Waals surface area contributed by atoms with Gasteiger partial charge in [-0.25, -0.2) is 4.57 Å². The van der Waals surface area contributed by atoms with E-state index in [2.05, 4.69) is 92.3 Å². The van der Waals surface area contributed by atoms with Crippen LogP contribution in [0.25, 0.3) is 33.2 Å². The molecule has 1 aliphatic carbocycles. The lowest BCUT2D eigenvalue weighted by Gasteiger charge is -2.30. The highest BCUT2D eigenvalue weighted by Crippen LogP contribution is 2.46. The third-order valence-corrected chi connectivity index (χ3v) is 8.25. The average molecular weight is 472 g/mol. The molecule has 3 nitrogen and oxygen atoms in total. The maximum atomic E-state index is 10.1. The van der Waals surface area contributed by atoms with Crippen molar-refractivity contribution in [3.63, 3.8) is 0 Å². The molecule has 6 rings (SSSR count). The molecule has 5 aromatic rings. The highest BCUT2D eigenvalue weighted by atomic mass is 16.3. The van der Waals surface area contributed by atoms with Crippen LogP contribution >= 0.6 is 0 Å². The fourth-order valence-electron chi connectivity index (χ4n) is 6.36. The summed E-state index contributed by atoms with van der Waals surface area (Å²) in [5.41, 5.74) is 9.97. The van der Waals surface area contributed by atoms with Gasteiger partial charge in [0.2, 0.25) is 5.69 Å². The van der Waals surface area contributed by atoms with Crippen LogP contribution in [0.3, 0.4) is 0 Å². The SMILES string of the molecule is Cc1ccccc1C1CCC(c2c(C#N)ccc3c2oc2c(-c4cccc[n+]4C)c(C)ccc23)CC1. The minimum absolute atomic E-state index is 0.335. The first-order valence-electron chi connectivity index (χ1n) is 13.0. The summed E-state index contributed by atoms with van der Waals surface area (Å²) in [7, 11) is 2.07. The summed E-state index contributed by atoms with van der Waals surface area (Å²) in [6, 6.07) is 26.0. The molecule has 0 spiro atoms. The van der Waals surface area contributed by atoms with Gasteiger partial charge in [-0.05, 0) is 86.3 Å². The normalized spacial score (nSPS) is 17.9. The van der Waals surface area contributed by atoms with Crippen molar-refractivity contribution >= 4 is 21.9 Å². The molecule has 0 saturated heterocycles. The average Bonchev–Trinajstić information content (AvgIpc) is 3.28. The molecule has 0 aliphatic heterocycles. The quantitative estimate of drug-likeness (QED) is 0.250. The van der Waals surface area contributed by atoms with Crippen molar-refractivity contribution in [1.82, 2.24) is 0 Å². The Labute approximate surface area is 212 Å². The predicted octanol–water partition coefficient (Wildman–Crippen LogP) is 8.01. The number of hydrogen-bond donors (Lipinski definition) is 0. The van der Waals surface area contributed by atoms with Gasteiger partial charge in [0, 0.05) is 28.5 Å². The van der Waals surface area contributed by atoms with E-state index < -0.39 is 0 Å². The molecular weight excluding hydrogens is 440 g/mol. The first-order valence-corrected chi connectivity index (χ1v) is 13.0. The van der Waals surface area contributed by atoms with Gasteiger partial charge < -0.3 is 4.42 Å². The van der Waals surface area contributed by atoms with Gasteiger partial charge in [0.1, 0.15) is 18.2 Å². The Balaban J connectivity index is 1.47. The van der Waals surface area contributed by atoms with Crippen LogP contribution < -0.4 is 4.57 Å². The molecule has 2 aromatic heterocycles. The second-order valence-corrected chi connectivity index (χ2v) is 10.4. The second-order valence-electron chi connectivity index (χ2n) is 10.4. The number of aromatic nitrogens is 1. The summed E-state index contributed by atoms with van der Waals surface area (Å²) < 4.78 is 8.91. The van der Waals surface area contributed by atoms with Crippen molar-refractivity contribution in [3.8, 4) is 17.3 Å². The van der Waals surface area contributed by atoms with Crippen LogP contribution in [-0.2, 0) is 7.05 Å². The number of fused-ring (bicyclic) bond motifs is 3. The molecule has 1 aliphatic rings. The van der Waals surface area contributed by atoms with Crippen LogP contribution in [0, 0.1) is 25.2 Å². The third kappa shape index (κ3) is 3.60. The van der Waals surface area contributed by atoms with E-state index in [0.29, 0.717) is 11.8 Å². The molecule has 0 bridgehead atoms. The molecule has 0 N–H and O–H groups in total. The smallest absolute Gasteiger partial charge is 0.216 e. The first-order chi connectivity index (χ1) is 17.6. The number of aryl methyl sites for hydroxylation is 3. The fraction of sp³-hybridized carbons (Fsp3) is 0.273. The molecule has 3 heteroatoms. The molecule has 0 unspecified atom stereocenters. The Morgan fingerprint density at radius 3 is 2.22 bits per heavy atom. The molecule has 1 saturated carbocycles. The molecule has 1 fully saturated rings. The molecule has 0 amide bonds. The lowest BCUT2D eigenvalue weighted by atomic mass is 9.74. The van der Waals surface area contributed by atoms with Crippen molar-refractivity contribution < 1.29 is 8.98 Å². The van der Waals surface area contributed by atoms with Crippen LogP contribution in [0.15, 0.2) is 77.3 Å². The molecule has 36 heavy (non-hydrogen) atoms. The summed E-state index contributed by atoms with van der Waals surface area (Å²) in [5.74, 6) is 0.928. The monoisotopic (exact) mass is 471 g/mol.